The standard InChI is InChI=1S/C13H19N3OS/c1-3-7-16(8-4-2)10-12-14-15-13(17-12)11-6-5-9-18-11/h5-6,9H,3-4,7-8,10H2,1-2H3. The molecule has 0 amide bonds. The van der Waals surface area contributed by atoms with Crippen molar-refractivity contribution < 1.29 is 4.42 Å². The summed E-state index contributed by atoms with van der Waals surface area (Å²) in [4.78, 5) is 3.39. The summed E-state index contributed by atoms with van der Waals surface area (Å²) in [5.41, 5.74) is 0. The van der Waals surface area contributed by atoms with Crippen LogP contribution in [0, 0.1) is 0 Å². The third kappa shape index (κ3) is 3.40. The summed E-state index contributed by atoms with van der Waals surface area (Å²) >= 11 is 1.62. The van der Waals surface area contributed by atoms with Crippen LogP contribution in [0.1, 0.15) is 32.6 Å². The maximum Gasteiger partial charge on any atom is 0.257 e. The van der Waals surface area contributed by atoms with E-state index in [4.69, 9.17) is 4.42 Å². The zero-order chi connectivity index (χ0) is 12.8. The molecule has 2 aromatic heterocycles. The zero-order valence-corrected chi connectivity index (χ0v) is 11.7. The molecule has 2 heterocycles. The van der Waals surface area contributed by atoms with Crippen LogP contribution in [0.2, 0.25) is 0 Å². The highest BCUT2D eigenvalue weighted by atomic mass is 32.1. The van der Waals surface area contributed by atoms with Crippen molar-refractivity contribution in [2.24, 2.45) is 0 Å². The van der Waals surface area contributed by atoms with Crippen molar-refractivity contribution in [1.82, 2.24) is 15.1 Å². The predicted molar refractivity (Wildman–Crippen MR) is 73.5 cm³/mol. The number of hydrogen-bond donors (Lipinski definition) is 0. The fourth-order valence-corrected chi connectivity index (χ4v) is 2.56. The first-order chi connectivity index (χ1) is 8.83. The van der Waals surface area contributed by atoms with Gasteiger partial charge in [0.25, 0.3) is 5.89 Å². The SMILES string of the molecule is CCCN(CCC)Cc1nnc(-c2cccs2)o1. The van der Waals surface area contributed by atoms with Crippen molar-refractivity contribution in [3.05, 3.63) is 23.4 Å². The van der Waals surface area contributed by atoms with Crippen LogP contribution in [-0.2, 0) is 6.54 Å². The Morgan fingerprint density at radius 3 is 2.61 bits per heavy atom. The summed E-state index contributed by atoms with van der Waals surface area (Å²) in [6, 6.07) is 3.99. The summed E-state index contributed by atoms with van der Waals surface area (Å²) in [7, 11) is 0. The van der Waals surface area contributed by atoms with Crippen molar-refractivity contribution in [1.29, 1.82) is 0 Å². The Hall–Kier alpha value is -1.20. The van der Waals surface area contributed by atoms with E-state index in [1.165, 1.54) is 0 Å². The molecular weight excluding hydrogens is 246 g/mol. The monoisotopic (exact) mass is 265 g/mol. The van der Waals surface area contributed by atoms with Gasteiger partial charge >= 0.3 is 0 Å². The van der Waals surface area contributed by atoms with E-state index in [2.05, 4.69) is 28.9 Å². The molecule has 18 heavy (non-hydrogen) atoms. The first kappa shape index (κ1) is 13.2. The Balaban J connectivity index is 2.01. The molecule has 0 aliphatic heterocycles. The van der Waals surface area contributed by atoms with Crippen LogP contribution in [0.5, 0.6) is 0 Å². The molecule has 98 valence electrons. The average molecular weight is 265 g/mol. The molecule has 4 nitrogen and oxygen atoms in total. The van der Waals surface area contributed by atoms with Gasteiger partial charge in [0.15, 0.2) is 0 Å². The molecule has 0 spiro atoms. The van der Waals surface area contributed by atoms with Gasteiger partial charge in [-0.3, -0.25) is 4.90 Å². The average Bonchev–Trinajstić information content (AvgIpc) is 2.98. The van der Waals surface area contributed by atoms with Crippen LogP contribution in [0.25, 0.3) is 10.8 Å². The Labute approximate surface area is 112 Å². The molecule has 0 unspecified atom stereocenters. The van der Waals surface area contributed by atoms with Gasteiger partial charge in [0.1, 0.15) is 0 Å². The first-order valence-corrected chi connectivity index (χ1v) is 7.30. The van der Waals surface area contributed by atoms with Gasteiger partial charge in [0, 0.05) is 0 Å². The van der Waals surface area contributed by atoms with E-state index in [0.29, 0.717) is 11.8 Å². The van der Waals surface area contributed by atoms with Crippen molar-refractivity contribution in [2.75, 3.05) is 13.1 Å². The molecule has 0 bridgehead atoms. The molecule has 0 aliphatic rings. The quantitative estimate of drug-likeness (QED) is 0.769. The zero-order valence-electron chi connectivity index (χ0n) is 10.9. The van der Waals surface area contributed by atoms with Gasteiger partial charge in [-0.1, -0.05) is 19.9 Å². The smallest absolute Gasteiger partial charge is 0.257 e. The number of aromatic nitrogens is 2. The molecule has 0 atom stereocenters. The minimum atomic E-state index is 0.632. The lowest BCUT2D eigenvalue weighted by atomic mass is 10.3. The summed E-state index contributed by atoms with van der Waals surface area (Å²) in [5, 5.41) is 10.2. The highest BCUT2D eigenvalue weighted by Gasteiger charge is 2.12. The van der Waals surface area contributed by atoms with Crippen molar-refractivity contribution in [3.8, 4) is 10.8 Å². The van der Waals surface area contributed by atoms with E-state index in [1.54, 1.807) is 11.3 Å². The van der Waals surface area contributed by atoms with Crippen LogP contribution in [0.15, 0.2) is 21.9 Å². The van der Waals surface area contributed by atoms with Crippen LogP contribution in [0.4, 0.5) is 0 Å². The molecule has 0 aromatic carbocycles. The summed E-state index contributed by atoms with van der Waals surface area (Å²) in [6.45, 7) is 7.27. The Morgan fingerprint density at radius 2 is 2.00 bits per heavy atom. The number of rotatable bonds is 7. The molecule has 0 radical (unpaired) electrons. The summed E-state index contributed by atoms with van der Waals surface area (Å²) in [6.07, 6.45) is 2.29. The van der Waals surface area contributed by atoms with Gasteiger partial charge in [-0.2, -0.15) is 0 Å². The Kier molecular flexibility index (Phi) is 4.90. The molecule has 2 rings (SSSR count). The summed E-state index contributed by atoms with van der Waals surface area (Å²) < 4.78 is 5.70. The minimum Gasteiger partial charge on any atom is -0.419 e. The van der Waals surface area contributed by atoms with Gasteiger partial charge in [-0.05, 0) is 37.4 Å². The van der Waals surface area contributed by atoms with Crippen LogP contribution < -0.4 is 0 Å². The molecule has 0 fully saturated rings. The van der Waals surface area contributed by atoms with Gasteiger partial charge < -0.3 is 4.42 Å². The van der Waals surface area contributed by atoms with E-state index in [1.807, 2.05) is 17.5 Å². The van der Waals surface area contributed by atoms with Crippen molar-refractivity contribution >= 4 is 11.3 Å². The third-order valence-electron chi connectivity index (χ3n) is 2.64. The highest BCUT2D eigenvalue weighted by molar-refractivity contribution is 7.13. The Morgan fingerprint density at radius 1 is 1.22 bits per heavy atom. The third-order valence-corrected chi connectivity index (χ3v) is 3.50. The predicted octanol–water partition coefficient (Wildman–Crippen LogP) is 3.42. The molecule has 0 saturated heterocycles. The molecule has 0 saturated carbocycles. The molecule has 0 N–H and O–H groups in total. The van der Waals surface area contributed by atoms with Gasteiger partial charge in [-0.15, -0.1) is 21.5 Å². The van der Waals surface area contributed by atoms with E-state index < -0.39 is 0 Å². The molecular formula is C13H19N3OS. The van der Waals surface area contributed by atoms with E-state index in [0.717, 1.165) is 37.4 Å². The second kappa shape index (κ2) is 6.66. The van der Waals surface area contributed by atoms with Crippen molar-refractivity contribution in [3.63, 3.8) is 0 Å². The van der Waals surface area contributed by atoms with Gasteiger partial charge in [0.05, 0.1) is 11.4 Å². The fraction of sp³-hybridized carbons (Fsp3) is 0.538. The molecule has 5 heteroatoms. The maximum atomic E-state index is 5.70. The van der Waals surface area contributed by atoms with Crippen LogP contribution >= 0.6 is 11.3 Å². The molecule has 2 aromatic rings. The minimum absolute atomic E-state index is 0.632. The fourth-order valence-electron chi connectivity index (χ4n) is 1.91. The van der Waals surface area contributed by atoms with Gasteiger partial charge in [-0.25, -0.2) is 0 Å². The van der Waals surface area contributed by atoms with E-state index in [-0.39, 0.29) is 0 Å². The number of nitrogens with zero attached hydrogens (tertiary/aromatic N) is 3. The van der Waals surface area contributed by atoms with Crippen molar-refractivity contribution in [2.45, 2.75) is 33.2 Å². The lowest BCUT2D eigenvalue weighted by Gasteiger charge is -2.18. The highest BCUT2D eigenvalue weighted by Crippen LogP contribution is 2.23. The molecule has 0 aliphatic carbocycles. The maximum absolute atomic E-state index is 5.70. The second-order valence-electron chi connectivity index (χ2n) is 4.25. The van der Waals surface area contributed by atoms with Gasteiger partial charge in [0.2, 0.25) is 5.89 Å². The largest absolute Gasteiger partial charge is 0.419 e. The van der Waals surface area contributed by atoms with E-state index >= 15 is 0 Å². The first-order valence-electron chi connectivity index (χ1n) is 6.42. The van der Waals surface area contributed by atoms with Crippen LogP contribution in [-0.4, -0.2) is 28.2 Å². The lowest BCUT2D eigenvalue weighted by Crippen LogP contribution is -2.25. The second-order valence-corrected chi connectivity index (χ2v) is 5.20. The topological polar surface area (TPSA) is 42.2 Å². The normalized spacial score (nSPS) is 11.3. The lowest BCUT2D eigenvalue weighted by molar-refractivity contribution is 0.240. The van der Waals surface area contributed by atoms with E-state index in [9.17, 15) is 0 Å². The van der Waals surface area contributed by atoms with Crippen LogP contribution in [0.3, 0.4) is 0 Å². The number of thiophene rings is 1. The number of hydrogen-bond acceptors (Lipinski definition) is 5. The summed E-state index contributed by atoms with van der Waals surface area (Å²) in [5.74, 6) is 1.34. The Bertz CT molecular complexity index is 447.